The average Bonchev–Trinajstić information content (AvgIpc) is 3.03. The Morgan fingerprint density at radius 2 is 2.29 bits per heavy atom. The lowest BCUT2D eigenvalue weighted by Crippen LogP contribution is -2.33. The van der Waals surface area contributed by atoms with Crippen molar-refractivity contribution >= 4 is 11.8 Å². The topological polar surface area (TPSA) is 115 Å². The molecule has 2 atom stereocenters. The van der Waals surface area contributed by atoms with E-state index < -0.39 is 24.2 Å². The van der Waals surface area contributed by atoms with Gasteiger partial charge in [-0.15, -0.1) is 0 Å². The van der Waals surface area contributed by atoms with Crippen molar-refractivity contribution in [3.05, 3.63) is 22.7 Å². The van der Waals surface area contributed by atoms with Crippen LogP contribution >= 0.6 is 0 Å². The second kappa shape index (κ2) is 9.36. The largest absolute Gasteiger partial charge is 0.391 e. The van der Waals surface area contributed by atoms with Crippen LogP contribution in [0.5, 0.6) is 0 Å². The van der Waals surface area contributed by atoms with E-state index in [0.29, 0.717) is 6.54 Å². The number of aliphatic hydroxyl groups is 1. The van der Waals surface area contributed by atoms with E-state index in [1.807, 2.05) is 0 Å². The molecule has 1 aliphatic rings. The van der Waals surface area contributed by atoms with E-state index in [4.69, 9.17) is 14.6 Å². The van der Waals surface area contributed by atoms with Crippen LogP contribution in [-0.4, -0.2) is 46.7 Å². The van der Waals surface area contributed by atoms with Gasteiger partial charge in [0.05, 0.1) is 13.2 Å². The third-order valence-electron chi connectivity index (χ3n) is 3.58. The Labute approximate surface area is 140 Å². The van der Waals surface area contributed by atoms with Crippen molar-refractivity contribution in [1.29, 1.82) is 0 Å². The lowest BCUT2D eigenvalue weighted by atomic mass is 10.2. The monoisotopic (exact) mass is 340 g/mol. The van der Waals surface area contributed by atoms with Gasteiger partial charge in [-0.25, -0.2) is 9.59 Å². The summed E-state index contributed by atoms with van der Waals surface area (Å²) in [5.74, 6) is 0.167. The van der Waals surface area contributed by atoms with Gasteiger partial charge in [0.25, 0.3) is 0 Å². The Morgan fingerprint density at radius 1 is 1.46 bits per heavy atom. The molecule has 0 spiro atoms. The molecule has 0 aliphatic carbocycles. The Hall–Kier alpha value is -1.97. The van der Waals surface area contributed by atoms with E-state index in [-0.39, 0.29) is 19.0 Å². The summed E-state index contributed by atoms with van der Waals surface area (Å²) in [6.07, 6.45) is 4.38. The number of nitrogens with one attached hydrogen (secondary N) is 2. The summed E-state index contributed by atoms with van der Waals surface area (Å²) in [6, 6.07) is 1.12. The maximum absolute atomic E-state index is 12.0. The SMILES string of the molecule is CCCCCCNC(=O)Nc1ccn([C@@H]2CO[C@H](CO)O2)c(=O)n1. The van der Waals surface area contributed by atoms with Crippen molar-refractivity contribution < 1.29 is 19.4 Å². The number of carbonyl (C=O) groups excluding carboxylic acids is 1. The molecule has 9 nitrogen and oxygen atoms in total. The average molecular weight is 340 g/mol. The number of aliphatic hydroxyl groups excluding tert-OH is 1. The first-order valence-corrected chi connectivity index (χ1v) is 8.16. The zero-order valence-electron chi connectivity index (χ0n) is 13.7. The van der Waals surface area contributed by atoms with E-state index in [2.05, 4.69) is 22.5 Å². The van der Waals surface area contributed by atoms with Gasteiger partial charge in [-0.1, -0.05) is 26.2 Å². The predicted octanol–water partition coefficient (Wildman–Crippen LogP) is 0.809. The summed E-state index contributed by atoms with van der Waals surface area (Å²) in [5.41, 5.74) is -0.567. The molecule has 0 bridgehead atoms. The van der Waals surface area contributed by atoms with Crippen LogP contribution in [0, 0.1) is 0 Å². The van der Waals surface area contributed by atoms with Crippen molar-refractivity contribution in [2.45, 2.75) is 45.1 Å². The minimum absolute atomic E-state index is 0.151. The summed E-state index contributed by atoms with van der Waals surface area (Å²) >= 11 is 0. The van der Waals surface area contributed by atoms with E-state index in [9.17, 15) is 9.59 Å². The lowest BCUT2D eigenvalue weighted by molar-refractivity contribution is -0.0992. The van der Waals surface area contributed by atoms with Crippen molar-refractivity contribution in [2.24, 2.45) is 0 Å². The van der Waals surface area contributed by atoms with Crippen LogP contribution in [0.4, 0.5) is 10.6 Å². The molecule has 3 N–H and O–H groups in total. The smallest absolute Gasteiger partial charge is 0.351 e. The molecule has 1 saturated heterocycles. The van der Waals surface area contributed by atoms with Gasteiger partial charge in [0.15, 0.2) is 12.5 Å². The third kappa shape index (κ3) is 5.29. The summed E-state index contributed by atoms with van der Waals surface area (Å²) in [7, 11) is 0. The van der Waals surface area contributed by atoms with Gasteiger partial charge in [0.2, 0.25) is 0 Å². The number of unbranched alkanes of at least 4 members (excludes halogenated alkanes) is 3. The molecule has 134 valence electrons. The molecule has 1 aromatic heterocycles. The van der Waals surface area contributed by atoms with Crippen LogP contribution in [0.3, 0.4) is 0 Å². The first kappa shape index (κ1) is 18.4. The number of rotatable bonds is 8. The zero-order valence-corrected chi connectivity index (χ0v) is 13.7. The Balaban J connectivity index is 1.83. The van der Waals surface area contributed by atoms with Crippen molar-refractivity contribution in [2.75, 3.05) is 25.1 Å². The number of anilines is 1. The number of hydrogen-bond donors (Lipinski definition) is 3. The van der Waals surface area contributed by atoms with Crippen molar-refractivity contribution in [1.82, 2.24) is 14.9 Å². The predicted molar refractivity (Wildman–Crippen MR) is 86.6 cm³/mol. The van der Waals surface area contributed by atoms with Gasteiger partial charge < -0.3 is 19.9 Å². The number of carbonyl (C=O) groups is 1. The Kier molecular flexibility index (Phi) is 7.16. The second-order valence-corrected chi connectivity index (χ2v) is 5.48. The number of amides is 2. The minimum Gasteiger partial charge on any atom is -0.391 e. The lowest BCUT2D eigenvalue weighted by Gasteiger charge is -2.13. The fraction of sp³-hybridized carbons (Fsp3) is 0.667. The van der Waals surface area contributed by atoms with Gasteiger partial charge >= 0.3 is 11.7 Å². The molecule has 0 aromatic carbocycles. The number of aromatic nitrogens is 2. The van der Waals surface area contributed by atoms with Gasteiger partial charge in [0.1, 0.15) is 5.82 Å². The van der Waals surface area contributed by atoms with Crippen molar-refractivity contribution in [3.63, 3.8) is 0 Å². The van der Waals surface area contributed by atoms with E-state index >= 15 is 0 Å². The van der Waals surface area contributed by atoms with Gasteiger partial charge in [-0.2, -0.15) is 4.98 Å². The molecule has 24 heavy (non-hydrogen) atoms. The highest BCUT2D eigenvalue weighted by Crippen LogP contribution is 2.19. The normalized spacial score (nSPS) is 20.1. The molecule has 1 aromatic rings. The molecule has 1 fully saturated rings. The molecule has 2 amide bonds. The quantitative estimate of drug-likeness (QED) is 0.603. The summed E-state index contributed by atoms with van der Waals surface area (Å²) in [4.78, 5) is 27.6. The van der Waals surface area contributed by atoms with Crippen LogP contribution in [-0.2, 0) is 9.47 Å². The number of hydrogen-bond acceptors (Lipinski definition) is 6. The number of nitrogens with zero attached hydrogens (tertiary/aromatic N) is 2. The van der Waals surface area contributed by atoms with Gasteiger partial charge in [-0.05, 0) is 12.5 Å². The van der Waals surface area contributed by atoms with Crippen molar-refractivity contribution in [3.8, 4) is 0 Å². The van der Waals surface area contributed by atoms with Crippen LogP contribution in [0.2, 0.25) is 0 Å². The summed E-state index contributed by atoms with van der Waals surface area (Å²) in [6.45, 7) is 2.58. The highest BCUT2D eigenvalue weighted by molar-refractivity contribution is 5.87. The second-order valence-electron chi connectivity index (χ2n) is 5.48. The molecule has 9 heteroatoms. The summed E-state index contributed by atoms with van der Waals surface area (Å²) < 4.78 is 11.7. The number of ether oxygens (including phenoxy) is 2. The maximum Gasteiger partial charge on any atom is 0.351 e. The Morgan fingerprint density at radius 3 is 2.96 bits per heavy atom. The van der Waals surface area contributed by atoms with Gasteiger partial charge in [0, 0.05) is 12.7 Å². The molecule has 2 heterocycles. The molecule has 2 rings (SSSR count). The summed E-state index contributed by atoms with van der Waals surface area (Å²) in [5, 5.41) is 14.2. The zero-order chi connectivity index (χ0) is 17.4. The highest BCUT2D eigenvalue weighted by Gasteiger charge is 2.27. The molecule has 0 radical (unpaired) electrons. The van der Waals surface area contributed by atoms with E-state index in [0.717, 1.165) is 25.7 Å². The molecule has 0 unspecified atom stereocenters. The van der Waals surface area contributed by atoms with E-state index in [1.54, 1.807) is 0 Å². The standard InChI is InChI=1S/C15H24N4O5/c1-2-3-4-5-7-16-14(21)17-11-6-8-19(15(22)18-11)12-10-23-13(9-20)24-12/h6,8,12-13,20H,2-5,7,9-10H2,1H3,(H2,16,17,18,21,22)/t12-,13-/m0/s1. The Bertz CT molecular complexity index is 591. The third-order valence-corrected chi connectivity index (χ3v) is 3.58. The fourth-order valence-corrected chi connectivity index (χ4v) is 2.30. The van der Waals surface area contributed by atoms with Gasteiger partial charge in [-0.3, -0.25) is 9.88 Å². The fourth-order valence-electron chi connectivity index (χ4n) is 2.30. The molecule has 0 saturated carbocycles. The maximum atomic E-state index is 12.0. The molecule has 1 aliphatic heterocycles. The van der Waals surface area contributed by atoms with Crippen LogP contribution < -0.4 is 16.3 Å². The van der Waals surface area contributed by atoms with Crippen LogP contribution in [0.25, 0.3) is 0 Å². The first-order chi connectivity index (χ1) is 11.6. The van der Waals surface area contributed by atoms with E-state index in [1.165, 1.54) is 16.8 Å². The molecular weight excluding hydrogens is 316 g/mol. The molecular formula is C15H24N4O5. The number of urea groups is 1. The van der Waals surface area contributed by atoms with Crippen LogP contribution in [0.15, 0.2) is 17.1 Å². The first-order valence-electron chi connectivity index (χ1n) is 8.16. The van der Waals surface area contributed by atoms with Crippen LogP contribution in [0.1, 0.15) is 38.8 Å². The highest BCUT2D eigenvalue weighted by atomic mass is 16.7. The minimum atomic E-state index is -0.738.